The van der Waals surface area contributed by atoms with Gasteiger partial charge in [0.2, 0.25) is 10.0 Å². The minimum Gasteiger partial charge on any atom is -0.493 e. The molecule has 0 radical (unpaired) electrons. The van der Waals surface area contributed by atoms with E-state index in [0.717, 1.165) is 37.7 Å². The summed E-state index contributed by atoms with van der Waals surface area (Å²) in [5, 5.41) is 0. The van der Waals surface area contributed by atoms with Crippen LogP contribution in [0.5, 0.6) is 11.5 Å². The third kappa shape index (κ3) is 5.01. The summed E-state index contributed by atoms with van der Waals surface area (Å²) in [6.07, 6.45) is 5.10. The second-order valence-electron chi connectivity index (χ2n) is 8.55. The van der Waals surface area contributed by atoms with Crippen molar-refractivity contribution in [1.82, 2.24) is 9.21 Å². The molecule has 2 aromatic carbocycles. The van der Waals surface area contributed by atoms with E-state index < -0.39 is 10.0 Å². The van der Waals surface area contributed by atoms with E-state index in [1.54, 1.807) is 36.3 Å². The van der Waals surface area contributed by atoms with Crippen molar-refractivity contribution >= 4 is 15.9 Å². The largest absolute Gasteiger partial charge is 0.493 e. The van der Waals surface area contributed by atoms with Gasteiger partial charge in [0.15, 0.2) is 11.5 Å². The standard InChI is InChI=1S/C25H32N2O5S/c1-3-16-32-23-11-9-21(18-24(23)31-2)25(28)26-12-14-27(15-13-26)33(29,30)22-10-8-19-6-4-5-7-20(19)17-22/h8-11,17-18H,3-7,12-16H2,1-2H3. The van der Waals surface area contributed by atoms with Gasteiger partial charge < -0.3 is 14.4 Å². The second kappa shape index (κ2) is 10.1. The fraction of sp³-hybridized carbons (Fsp3) is 0.480. The van der Waals surface area contributed by atoms with Crippen molar-refractivity contribution in [3.05, 3.63) is 53.1 Å². The van der Waals surface area contributed by atoms with Crippen LogP contribution in [0.1, 0.15) is 47.7 Å². The second-order valence-corrected chi connectivity index (χ2v) is 10.5. The Morgan fingerprint density at radius 2 is 1.67 bits per heavy atom. The van der Waals surface area contributed by atoms with Crippen molar-refractivity contribution in [2.75, 3.05) is 39.9 Å². The molecular weight excluding hydrogens is 440 g/mol. The highest BCUT2D eigenvalue weighted by Crippen LogP contribution is 2.30. The Morgan fingerprint density at radius 3 is 2.36 bits per heavy atom. The first-order chi connectivity index (χ1) is 15.9. The summed E-state index contributed by atoms with van der Waals surface area (Å²) in [6, 6.07) is 10.7. The monoisotopic (exact) mass is 472 g/mol. The highest BCUT2D eigenvalue weighted by atomic mass is 32.2. The first kappa shape index (κ1) is 23.6. The molecule has 4 rings (SSSR count). The number of nitrogens with zero attached hydrogens (tertiary/aromatic N) is 2. The molecule has 0 atom stereocenters. The van der Waals surface area contributed by atoms with Gasteiger partial charge in [-0.1, -0.05) is 13.0 Å². The topological polar surface area (TPSA) is 76.2 Å². The molecule has 0 aromatic heterocycles. The number of amides is 1. The lowest BCUT2D eigenvalue weighted by Crippen LogP contribution is -2.50. The van der Waals surface area contributed by atoms with E-state index in [1.165, 1.54) is 9.87 Å². The highest BCUT2D eigenvalue weighted by molar-refractivity contribution is 7.89. The summed E-state index contributed by atoms with van der Waals surface area (Å²) in [5.41, 5.74) is 2.91. The van der Waals surface area contributed by atoms with Crippen molar-refractivity contribution < 1.29 is 22.7 Å². The summed E-state index contributed by atoms with van der Waals surface area (Å²) >= 11 is 0. The average molecular weight is 473 g/mol. The van der Waals surface area contributed by atoms with E-state index in [-0.39, 0.29) is 19.0 Å². The van der Waals surface area contributed by atoms with Crippen LogP contribution >= 0.6 is 0 Å². The molecule has 7 nitrogen and oxygen atoms in total. The summed E-state index contributed by atoms with van der Waals surface area (Å²) in [4.78, 5) is 15.1. The first-order valence-corrected chi connectivity index (χ1v) is 13.1. The number of piperazine rings is 1. The van der Waals surface area contributed by atoms with Crippen molar-refractivity contribution in [1.29, 1.82) is 0 Å². The van der Waals surface area contributed by atoms with E-state index >= 15 is 0 Å². The lowest BCUT2D eigenvalue weighted by molar-refractivity contribution is 0.0697. The Bertz CT molecular complexity index is 1110. The van der Waals surface area contributed by atoms with Crippen LogP contribution in [-0.4, -0.2) is 63.4 Å². The van der Waals surface area contributed by atoms with Gasteiger partial charge in [0, 0.05) is 31.7 Å². The van der Waals surface area contributed by atoms with Gasteiger partial charge in [-0.05, 0) is 73.6 Å². The summed E-state index contributed by atoms with van der Waals surface area (Å²) < 4.78 is 39.0. The fourth-order valence-electron chi connectivity index (χ4n) is 4.47. The van der Waals surface area contributed by atoms with Crippen molar-refractivity contribution in [2.24, 2.45) is 0 Å². The van der Waals surface area contributed by atoms with Crippen LogP contribution in [0, 0.1) is 0 Å². The summed E-state index contributed by atoms with van der Waals surface area (Å²) in [6.45, 7) is 3.85. The van der Waals surface area contributed by atoms with Crippen LogP contribution < -0.4 is 9.47 Å². The summed E-state index contributed by atoms with van der Waals surface area (Å²) in [5.74, 6) is 0.987. The highest BCUT2D eigenvalue weighted by Gasteiger charge is 2.31. The number of rotatable bonds is 7. The lowest BCUT2D eigenvalue weighted by atomic mass is 9.92. The zero-order valence-electron chi connectivity index (χ0n) is 19.4. The van der Waals surface area contributed by atoms with Gasteiger partial charge in [-0.3, -0.25) is 4.79 Å². The maximum absolute atomic E-state index is 13.2. The molecule has 0 N–H and O–H groups in total. The Morgan fingerprint density at radius 1 is 0.939 bits per heavy atom. The normalized spacial score (nSPS) is 16.8. The smallest absolute Gasteiger partial charge is 0.254 e. The van der Waals surface area contributed by atoms with E-state index in [9.17, 15) is 13.2 Å². The Labute approximate surface area is 196 Å². The number of sulfonamides is 1. The van der Waals surface area contributed by atoms with Crippen LogP contribution in [0.2, 0.25) is 0 Å². The molecule has 1 saturated heterocycles. The molecule has 0 bridgehead atoms. The van der Waals surface area contributed by atoms with Crippen LogP contribution in [0.25, 0.3) is 0 Å². The average Bonchev–Trinajstić information content (AvgIpc) is 2.86. The molecule has 2 aromatic rings. The van der Waals surface area contributed by atoms with Gasteiger partial charge in [0.1, 0.15) is 0 Å². The molecule has 0 saturated carbocycles. The predicted molar refractivity (Wildman–Crippen MR) is 127 cm³/mol. The van der Waals surface area contributed by atoms with E-state index in [1.807, 2.05) is 19.1 Å². The zero-order chi connectivity index (χ0) is 23.4. The lowest BCUT2D eigenvalue weighted by Gasteiger charge is -2.34. The van der Waals surface area contributed by atoms with Gasteiger partial charge in [-0.15, -0.1) is 0 Å². The number of hydrogen-bond donors (Lipinski definition) is 0. The third-order valence-corrected chi connectivity index (χ3v) is 8.25. The molecule has 0 spiro atoms. The number of benzene rings is 2. The molecule has 1 fully saturated rings. The van der Waals surface area contributed by atoms with E-state index in [4.69, 9.17) is 9.47 Å². The fourth-order valence-corrected chi connectivity index (χ4v) is 5.94. The third-order valence-electron chi connectivity index (χ3n) is 6.36. The maximum atomic E-state index is 13.2. The van der Waals surface area contributed by atoms with Crippen molar-refractivity contribution in [2.45, 2.75) is 43.9 Å². The number of hydrogen-bond acceptors (Lipinski definition) is 5. The number of ether oxygens (including phenoxy) is 2. The van der Waals surface area contributed by atoms with E-state index in [0.29, 0.717) is 41.7 Å². The molecule has 8 heteroatoms. The first-order valence-electron chi connectivity index (χ1n) is 11.7. The number of carbonyl (C=O) groups excluding carboxylic acids is 1. The van der Waals surface area contributed by atoms with Crippen LogP contribution in [0.15, 0.2) is 41.3 Å². The number of carbonyl (C=O) groups is 1. The quantitative estimate of drug-likeness (QED) is 0.616. The van der Waals surface area contributed by atoms with Crippen molar-refractivity contribution in [3.8, 4) is 11.5 Å². The summed E-state index contributed by atoms with van der Waals surface area (Å²) in [7, 11) is -2.03. The molecule has 1 aliphatic carbocycles. The molecule has 33 heavy (non-hydrogen) atoms. The van der Waals surface area contributed by atoms with Gasteiger partial charge in [0.25, 0.3) is 5.91 Å². The molecule has 1 aliphatic heterocycles. The van der Waals surface area contributed by atoms with Crippen LogP contribution in [0.4, 0.5) is 0 Å². The van der Waals surface area contributed by atoms with Gasteiger partial charge in [-0.25, -0.2) is 8.42 Å². The van der Waals surface area contributed by atoms with Crippen molar-refractivity contribution in [3.63, 3.8) is 0 Å². The Balaban J connectivity index is 1.42. The number of fused-ring (bicyclic) bond motifs is 1. The number of aryl methyl sites for hydroxylation is 2. The molecular formula is C25H32N2O5S. The van der Waals surface area contributed by atoms with Crippen LogP contribution in [-0.2, 0) is 22.9 Å². The van der Waals surface area contributed by atoms with Gasteiger partial charge in [0.05, 0.1) is 18.6 Å². The maximum Gasteiger partial charge on any atom is 0.254 e. The van der Waals surface area contributed by atoms with E-state index in [2.05, 4.69) is 0 Å². The molecule has 1 heterocycles. The molecule has 2 aliphatic rings. The Kier molecular flexibility index (Phi) is 7.24. The van der Waals surface area contributed by atoms with Gasteiger partial charge >= 0.3 is 0 Å². The SMILES string of the molecule is CCCOc1ccc(C(=O)N2CCN(S(=O)(=O)c3ccc4c(c3)CCCC4)CC2)cc1OC. The minimum atomic E-state index is -3.58. The minimum absolute atomic E-state index is 0.138. The van der Waals surface area contributed by atoms with Crippen LogP contribution in [0.3, 0.4) is 0 Å². The molecule has 0 unspecified atom stereocenters. The molecule has 178 valence electrons. The zero-order valence-corrected chi connectivity index (χ0v) is 20.2. The Hall–Kier alpha value is -2.58. The predicted octanol–water partition coefficient (Wildman–Crippen LogP) is 3.51. The van der Waals surface area contributed by atoms with Gasteiger partial charge in [-0.2, -0.15) is 4.31 Å². The molecule has 1 amide bonds. The number of methoxy groups -OCH3 is 1.